The Labute approximate surface area is 139 Å². The van der Waals surface area contributed by atoms with Gasteiger partial charge in [0.1, 0.15) is 11.4 Å². The van der Waals surface area contributed by atoms with Crippen molar-refractivity contribution in [2.75, 3.05) is 13.1 Å². The van der Waals surface area contributed by atoms with E-state index in [1.807, 2.05) is 37.8 Å². The van der Waals surface area contributed by atoms with Gasteiger partial charge in [0.25, 0.3) is 0 Å². The van der Waals surface area contributed by atoms with Gasteiger partial charge in [0, 0.05) is 19.1 Å². The average Bonchev–Trinajstić information content (AvgIpc) is 2.83. The van der Waals surface area contributed by atoms with E-state index in [0.29, 0.717) is 17.9 Å². The SMILES string of the molecule is CC(NC1C2CN(C(=O)OC(C)(C)C)CC21)c1ccc(Br)o1. The predicted molar refractivity (Wildman–Crippen MR) is 86.5 cm³/mol. The number of hydrogen-bond donors (Lipinski definition) is 1. The Hall–Kier alpha value is -1.01. The summed E-state index contributed by atoms with van der Waals surface area (Å²) in [5, 5.41) is 3.60. The highest BCUT2D eigenvalue weighted by molar-refractivity contribution is 9.10. The molecular weight excluding hydrogens is 348 g/mol. The quantitative estimate of drug-likeness (QED) is 0.883. The first kappa shape index (κ1) is 15.9. The van der Waals surface area contributed by atoms with Crippen LogP contribution < -0.4 is 5.32 Å². The number of hydrogen-bond acceptors (Lipinski definition) is 4. The second-order valence-electron chi connectivity index (χ2n) is 7.27. The molecule has 3 unspecified atom stereocenters. The van der Waals surface area contributed by atoms with Gasteiger partial charge in [-0.2, -0.15) is 0 Å². The number of furan rings is 1. The van der Waals surface area contributed by atoms with Gasteiger partial charge in [-0.25, -0.2) is 4.79 Å². The van der Waals surface area contributed by atoms with Crippen LogP contribution in [0.3, 0.4) is 0 Å². The van der Waals surface area contributed by atoms with Crippen molar-refractivity contribution in [3.05, 3.63) is 22.6 Å². The number of carbonyl (C=O) groups excluding carboxylic acids is 1. The molecule has 22 heavy (non-hydrogen) atoms. The highest BCUT2D eigenvalue weighted by atomic mass is 79.9. The molecule has 1 aliphatic heterocycles. The fraction of sp³-hybridized carbons (Fsp3) is 0.688. The van der Waals surface area contributed by atoms with E-state index in [4.69, 9.17) is 9.15 Å². The maximum absolute atomic E-state index is 12.0. The highest BCUT2D eigenvalue weighted by Crippen LogP contribution is 2.46. The Morgan fingerprint density at radius 3 is 2.55 bits per heavy atom. The predicted octanol–water partition coefficient (Wildman–Crippen LogP) is 3.56. The topological polar surface area (TPSA) is 54.7 Å². The number of likely N-dealkylation sites (tertiary alicyclic amines) is 1. The smallest absolute Gasteiger partial charge is 0.410 e. The Morgan fingerprint density at radius 2 is 2.05 bits per heavy atom. The van der Waals surface area contributed by atoms with E-state index < -0.39 is 5.60 Å². The zero-order valence-corrected chi connectivity index (χ0v) is 15.0. The summed E-state index contributed by atoms with van der Waals surface area (Å²) in [5.41, 5.74) is -0.428. The molecule has 3 atom stereocenters. The summed E-state index contributed by atoms with van der Waals surface area (Å²) in [4.78, 5) is 13.9. The van der Waals surface area contributed by atoms with Crippen molar-refractivity contribution in [2.24, 2.45) is 11.8 Å². The highest BCUT2D eigenvalue weighted by Gasteiger charge is 2.57. The van der Waals surface area contributed by atoms with E-state index in [9.17, 15) is 4.79 Å². The summed E-state index contributed by atoms with van der Waals surface area (Å²) < 4.78 is 11.8. The van der Waals surface area contributed by atoms with Crippen molar-refractivity contribution in [3.63, 3.8) is 0 Å². The van der Waals surface area contributed by atoms with E-state index in [2.05, 4.69) is 28.2 Å². The molecule has 3 rings (SSSR count). The summed E-state index contributed by atoms with van der Waals surface area (Å²) in [6, 6.07) is 4.53. The second-order valence-corrected chi connectivity index (χ2v) is 8.05. The molecule has 2 fully saturated rings. The lowest BCUT2D eigenvalue weighted by molar-refractivity contribution is 0.0268. The standard InChI is InChI=1S/C16H23BrN2O3/c1-9(12-5-6-13(17)21-12)18-14-10-7-19(8-11(10)14)15(20)22-16(2,3)4/h5-6,9-11,14,18H,7-8H2,1-4H3. The molecule has 2 aliphatic rings. The van der Waals surface area contributed by atoms with Crippen molar-refractivity contribution in [2.45, 2.75) is 45.4 Å². The number of nitrogens with zero attached hydrogens (tertiary/aromatic N) is 1. The zero-order chi connectivity index (χ0) is 16.1. The summed E-state index contributed by atoms with van der Waals surface area (Å²) in [7, 11) is 0. The van der Waals surface area contributed by atoms with Crippen LogP contribution in [0.1, 0.15) is 39.5 Å². The minimum Gasteiger partial charge on any atom is -0.453 e. The molecule has 1 aliphatic carbocycles. The van der Waals surface area contributed by atoms with E-state index >= 15 is 0 Å². The van der Waals surface area contributed by atoms with Gasteiger partial charge in [-0.1, -0.05) is 0 Å². The monoisotopic (exact) mass is 370 g/mol. The zero-order valence-electron chi connectivity index (χ0n) is 13.4. The molecule has 122 valence electrons. The van der Waals surface area contributed by atoms with Gasteiger partial charge in [-0.05, 0) is 67.6 Å². The molecule has 6 heteroatoms. The Kier molecular flexibility index (Phi) is 4.01. The molecule has 0 radical (unpaired) electrons. The van der Waals surface area contributed by atoms with Crippen LogP contribution in [0.2, 0.25) is 0 Å². The average molecular weight is 371 g/mol. The third kappa shape index (κ3) is 3.33. The van der Waals surface area contributed by atoms with Crippen LogP contribution in [0, 0.1) is 11.8 Å². The minimum atomic E-state index is -0.428. The largest absolute Gasteiger partial charge is 0.453 e. The van der Waals surface area contributed by atoms with Gasteiger partial charge in [0.15, 0.2) is 4.67 Å². The van der Waals surface area contributed by atoms with Gasteiger partial charge < -0.3 is 19.4 Å². The van der Waals surface area contributed by atoms with Gasteiger partial charge >= 0.3 is 6.09 Å². The number of ether oxygens (including phenoxy) is 1. The number of nitrogens with one attached hydrogen (secondary N) is 1. The van der Waals surface area contributed by atoms with Crippen LogP contribution in [0.15, 0.2) is 21.2 Å². The molecule has 5 nitrogen and oxygen atoms in total. The Balaban J connectivity index is 1.48. The van der Waals surface area contributed by atoms with Gasteiger partial charge in [-0.3, -0.25) is 0 Å². The van der Waals surface area contributed by atoms with Crippen molar-refractivity contribution in [1.29, 1.82) is 0 Å². The van der Waals surface area contributed by atoms with E-state index in [1.165, 1.54) is 0 Å². The van der Waals surface area contributed by atoms with Crippen molar-refractivity contribution in [3.8, 4) is 0 Å². The van der Waals surface area contributed by atoms with E-state index in [1.54, 1.807) is 0 Å². The van der Waals surface area contributed by atoms with Crippen molar-refractivity contribution < 1.29 is 13.9 Å². The van der Waals surface area contributed by atoms with Crippen LogP contribution in [0.25, 0.3) is 0 Å². The number of piperidine rings is 1. The normalized spacial score (nSPS) is 28.4. The molecule has 1 saturated heterocycles. The van der Waals surface area contributed by atoms with Crippen LogP contribution in [-0.4, -0.2) is 35.7 Å². The molecular formula is C16H23BrN2O3. The van der Waals surface area contributed by atoms with Crippen molar-refractivity contribution in [1.82, 2.24) is 10.2 Å². The minimum absolute atomic E-state index is 0.178. The number of fused-ring (bicyclic) bond motifs is 1. The molecule has 1 N–H and O–H groups in total. The third-order valence-corrected chi connectivity index (χ3v) is 4.74. The number of rotatable bonds is 3. The van der Waals surface area contributed by atoms with Gasteiger partial charge in [0.2, 0.25) is 0 Å². The van der Waals surface area contributed by atoms with Crippen molar-refractivity contribution >= 4 is 22.0 Å². The number of halogens is 1. The number of carbonyl (C=O) groups is 1. The molecule has 0 bridgehead atoms. The maximum Gasteiger partial charge on any atom is 0.410 e. The lowest BCUT2D eigenvalue weighted by Gasteiger charge is -2.26. The molecule has 0 spiro atoms. The molecule has 1 saturated carbocycles. The third-order valence-electron chi connectivity index (χ3n) is 4.31. The molecule has 1 amide bonds. The first-order chi connectivity index (χ1) is 10.2. The van der Waals surface area contributed by atoms with Crippen LogP contribution in [0.4, 0.5) is 4.79 Å². The van der Waals surface area contributed by atoms with E-state index in [-0.39, 0.29) is 12.1 Å². The molecule has 2 heterocycles. The molecule has 1 aromatic heterocycles. The van der Waals surface area contributed by atoms with E-state index in [0.717, 1.165) is 23.5 Å². The number of amides is 1. The first-order valence-electron chi connectivity index (χ1n) is 7.74. The summed E-state index contributed by atoms with van der Waals surface area (Å²) in [6.07, 6.45) is -0.193. The van der Waals surface area contributed by atoms with Crippen LogP contribution in [0.5, 0.6) is 0 Å². The molecule has 0 aromatic carbocycles. The van der Waals surface area contributed by atoms with Gasteiger partial charge in [-0.15, -0.1) is 0 Å². The summed E-state index contributed by atoms with van der Waals surface area (Å²) in [5.74, 6) is 2.00. The lowest BCUT2D eigenvalue weighted by atomic mass is 10.2. The lowest BCUT2D eigenvalue weighted by Crippen LogP contribution is -2.39. The maximum atomic E-state index is 12.0. The summed E-state index contributed by atoms with van der Waals surface area (Å²) >= 11 is 3.33. The Morgan fingerprint density at radius 1 is 1.41 bits per heavy atom. The summed E-state index contributed by atoms with van der Waals surface area (Å²) in [6.45, 7) is 9.36. The Bertz CT molecular complexity index is 554. The fourth-order valence-electron chi connectivity index (χ4n) is 3.18. The van der Waals surface area contributed by atoms with Crippen LogP contribution >= 0.6 is 15.9 Å². The molecule has 1 aromatic rings. The first-order valence-corrected chi connectivity index (χ1v) is 8.53. The van der Waals surface area contributed by atoms with Crippen LogP contribution in [-0.2, 0) is 4.74 Å². The fourth-order valence-corrected chi connectivity index (χ4v) is 3.50. The van der Waals surface area contributed by atoms with Gasteiger partial charge in [0.05, 0.1) is 6.04 Å². The second kappa shape index (κ2) is 5.57.